The number of halogens is 1. The highest BCUT2D eigenvalue weighted by atomic mass is 19.1. The standard InChI is InChI=1S/C24H27FN4O2/c1-4-28(5-2)16-19-12-10-18(11-13-19)15-26-24(31)23-22(30)14-17(3)29(27-23)21-9-7-6-8-20(21)25/h6-14H,4-5,15-16H2,1-3H3,(H,26,31). The van der Waals surface area contributed by atoms with E-state index in [1.54, 1.807) is 25.1 Å². The molecular formula is C24H27FN4O2. The third-order valence-electron chi connectivity index (χ3n) is 5.18. The van der Waals surface area contributed by atoms with Gasteiger partial charge in [-0.1, -0.05) is 50.2 Å². The van der Waals surface area contributed by atoms with Gasteiger partial charge in [-0.3, -0.25) is 14.5 Å². The van der Waals surface area contributed by atoms with Crippen molar-refractivity contribution in [3.63, 3.8) is 0 Å². The van der Waals surface area contributed by atoms with E-state index in [0.29, 0.717) is 5.69 Å². The van der Waals surface area contributed by atoms with Crippen LogP contribution in [0.1, 0.15) is 41.2 Å². The molecule has 31 heavy (non-hydrogen) atoms. The van der Waals surface area contributed by atoms with Crippen LogP contribution in [0.15, 0.2) is 59.4 Å². The van der Waals surface area contributed by atoms with Crippen molar-refractivity contribution >= 4 is 5.91 Å². The van der Waals surface area contributed by atoms with Crippen molar-refractivity contribution in [3.05, 3.63) is 93.2 Å². The molecule has 0 aliphatic carbocycles. The lowest BCUT2D eigenvalue weighted by molar-refractivity contribution is 0.0943. The average molecular weight is 423 g/mol. The minimum atomic E-state index is -0.595. The summed E-state index contributed by atoms with van der Waals surface area (Å²) in [4.78, 5) is 27.3. The fourth-order valence-electron chi connectivity index (χ4n) is 3.31. The first kappa shape index (κ1) is 22.4. The molecule has 0 unspecified atom stereocenters. The highest BCUT2D eigenvalue weighted by Crippen LogP contribution is 2.13. The van der Waals surface area contributed by atoms with Gasteiger partial charge in [0.25, 0.3) is 5.91 Å². The Bertz CT molecular complexity index is 1110. The summed E-state index contributed by atoms with van der Waals surface area (Å²) in [6, 6.07) is 15.4. The Morgan fingerprint density at radius 3 is 2.35 bits per heavy atom. The zero-order valence-electron chi connectivity index (χ0n) is 18.1. The molecule has 0 aliphatic heterocycles. The molecule has 3 aromatic rings. The van der Waals surface area contributed by atoms with E-state index in [9.17, 15) is 14.0 Å². The van der Waals surface area contributed by atoms with Crippen LogP contribution in [0.25, 0.3) is 5.69 Å². The number of para-hydroxylation sites is 1. The Hall–Kier alpha value is -3.32. The van der Waals surface area contributed by atoms with Crippen molar-refractivity contribution in [1.29, 1.82) is 0 Å². The molecule has 0 atom stereocenters. The van der Waals surface area contributed by atoms with E-state index in [1.807, 2.05) is 24.3 Å². The summed E-state index contributed by atoms with van der Waals surface area (Å²) in [5.74, 6) is -1.08. The Labute approximate surface area is 181 Å². The van der Waals surface area contributed by atoms with Crippen LogP contribution in [-0.2, 0) is 13.1 Å². The van der Waals surface area contributed by atoms with Crippen molar-refractivity contribution in [2.75, 3.05) is 13.1 Å². The molecule has 7 heteroatoms. The molecule has 0 aliphatic rings. The molecule has 0 saturated carbocycles. The summed E-state index contributed by atoms with van der Waals surface area (Å²) >= 11 is 0. The van der Waals surface area contributed by atoms with Crippen molar-refractivity contribution in [3.8, 4) is 5.69 Å². The first-order chi connectivity index (χ1) is 14.9. The first-order valence-corrected chi connectivity index (χ1v) is 10.4. The van der Waals surface area contributed by atoms with Crippen molar-refractivity contribution in [2.24, 2.45) is 0 Å². The molecule has 0 fully saturated rings. The number of amides is 1. The summed E-state index contributed by atoms with van der Waals surface area (Å²) in [7, 11) is 0. The lowest BCUT2D eigenvalue weighted by Gasteiger charge is -2.18. The normalized spacial score (nSPS) is 11.0. The third-order valence-corrected chi connectivity index (χ3v) is 5.18. The lowest BCUT2D eigenvalue weighted by atomic mass is 10.1. The summed E-state index contributed by atoms with van der Waals surface area (Å²) in [5, 5.41) is 6.86. The number of nitrogens with zero attached hydrogens (tertiary/aromatic N) is 3. The second-order valence-corrected chi connectivity index (χ2v) is 7.32. The number of hydrogen-bond acceptors (Lipinski definition) is 4. The third kappa shape index (κ3) is 5.44. The van der Waals surface area contributed by atoms with Crippen LogP contribution >= 0.6 is 0 Å². The van der Waals surface area contributed by atoms with Gasteiger partial charge in [0.2, 0.25) is 5.43 Å². The summed E-state index contributed by atoms with van der Waals surface area (Å²) in [5.41, 5.74) is 1.96. The maximum absolute atomic E-state index is 14.2. The van der Waals surface area contributed by atoms with E-state index in [4.69, 9.17) is 0 Å². The van der Waals surface area contributed by atoms with Gasteiger partial charge in [0, 0.05) is 24.8 Å². The molecule has 1 aromatic heterocycles. The number of carbonyl (C=O) groups excluding carboxylic acids is 1. The second-order valence-electron chi connectivity index (χ2n) is 7.32. The van der Waals surface area contributed by atoms with E-state index in [-0.39, 0.29) is 17.9 Å². The van der Waals surface area contributed by atoms with Gasteiger partial charge in [-0.2, -0.15) is 5.10 Å². The summed E-state index contributed by atoms with van der Waals surface area (Å²) in [6.45, 7) is 9.02. The Morgan fingerprint density at radius 1 is 1.06 bits per heavy atom. The molecule has 1 heterocycles. The van der Waals surface area contributed by atoms with Gasteiger partial charge in [-0.25, -0.2) is 9.07 Å². The largest absolute Gasteiger partial charge is 0.346 e. The van der Waals surface area contributed by atoms with Gasteiger partial charge in [0.05, 0.1) is 0 Å². The number of rotatable bonds is 8. The average Bonchev–Trinajstić information content (AvgIpc) is 2.77. The van der Waals surface area contributed by atoms with Gasteiger partial charge in [-0.05, 0) is 43.3 Å². The molecule has 2 aromatic carbocycles. The molecule has 0 bridgehead atoms. The van der Waals surface area contributed by atoms with Crippen molar-refractivity contribution in [2.45, 2.75) is 33.9 Å². The molecular weight excluding hydrogens is 395 g/mol. The smallest absolute Gasteiger partial charge is 0.276 e. The Morgan fingerprint density at radius 2 is 1.71 bits per heavy atom. The fraction of sp³-hybridized carbons (Fsp3) is 0.292. The van der Waals surface area contributed by atoms with Crippen LogP contribution in [0.3, 0.4) is 0 Å². The van der Waals surface area contributed by atoms with Gasteiger partial charge >= 0.3 is 0 Å². The molecule has 0 spiro atoms. The molecule has 3 rings (SSSR count). The maximum Gasteiger partial charge on any atom is 0.276 e. The number of aryl methyl sites for hydroxylation is 1. The second kappa shape index (κ2) is 10.1. The van der Waals surface area contributed by atoms with E-state index in [1.165, 1.54) is 22.4 Å². The number of hydrogen-bond donors (Lipinski definition) is 1. The van der Waals surface area contributed by atoms with Crippen LogP contribution in [0, 0.1) is 12.7 Å². The molecule has 1 amide bonds. The zero-order valence-corrected chi connectivity index (χ0v) is 18.1. The van der Waals surface area contributed by atoms with Gasteiger partial charge in [-0.15, -0.1) is 0 Å². The maximum atomic E-state index is 14.2. The number of carbonyl (C=O) groups is 1. The van der Waals surface area contributed by atoms with Crippen LogP contribution in [0.2, 0.25) is 0 Å². The Balaban J connectivity index is 1.73. The summed E-state index contributed by atoms with van der Waals surface area (Å²) in [6.07, 6.45) is 0. The minimum Gasteiger partial charge on any atom is -0.346 e. The SMILES string of the molecule is CCN(CC)Cc1ccc(CNC(=O)c2nn(-c3ccccc3F)c(C)cc2=O)cc1. The molecule has 0 saturated heterocycles. The van der Waals surface area contributed by atoms with Crippen LogP contribution in [0.5, 0.6) is 0 Å². The molecule has 0 radical (unpaired) electrons. The van der Waals surface area contributed by atoms with Crippen molar-refractivity contribution in [1.82, 2.24) is 20.0 Å². The van der Waals surface area contributed by atoms with Crippen molar-refractivity contribution < 1.29 is 9.18 Å². The minimum absolute atomic E-state index is 0.179. The predicted octanol–water partition coefficient (Wildman–Crippen LogP) is 3.45. The Kier molecular flexibility index (Phi) is 7.31. The van der Waals surface area contributed by atoms with Gasteiger partial charge in [0.15, 0.2) is 5.69 Å². The van der Waals surface area contributed by atoms with E-state index in [0.717, 1.165) is 25.2 Å². The van der Waals surface area contributed by atoms with Gasteiger partial charge < -0.3 is 5.32 Å². The lowest BCUT2D eigenvalue weighted by Crippen LogP contribution is -2.31. The quantitative estimate of drug-likeness (QED) is 0.604. The van der Waals surface area contributed by atoms with E-state index < -0.39 is 17.2 Å². The predicted molar refractivity (Wildman–Crippen MR) is 119 cm³/mol. The fourth-order valence-corrected chi connectivity index (χ4v) is 3.31. The van der Waals surface area contributed by atoms with Crippen LogP contribution < -0.4 is 10.7 Å². The first-order valence-electron chi connectivity index (χ1n) is 10.4. The monoisotopic (exact) mass is 422 g/mol. The zero-order chi connectivity index (χ0) is 22.4. The number of aromatic nitrogens is 2. The molecule has 6 nitrogen and oxygen atoms in total. The summed E-state index contributed by atoms with van der Waals surface area (Å²) < 4.78 is 15.4. The van der Waals surface area contributed by atoms with E-state index >= 15 is 0 Å². The van der Waals surface area contributed by atoms with Crippen LogP contribution in [0.4, 0.5) is 4.39 Å². The number of benzene rings is 2. The van der Waals surface area contributed by atoms with Gasteiger partial charge in [0.1, 0.15) is 11.5 Å². The van der Waals surface area contributed by atoms with Crippen LogP contribution in [-0.4, -0.2) is 33.7 Å². The molecule has 1 N–H and O–H groups in total. The number of nitrogens with one attached hydrogen (secondary N) is 1. The topological polar surface area (TPSA) is 67.2 Å². The highest BCUT2D eigenvalue weighted by molar-refractivity contribution is 5.92. The van der Waals surface area contributed by atoms with E-state index in [2.05, 4.69) is 29.2 Å². The highest BCUT2D eigenvalue weighted by Gasteiger charge is 2.16. The molecule has 162 valence electrons.